The summed E-state index contributed by atoms with van der Waals surface area (Å²) in [6.07, 6.45) is 1.87. The van der Waals surface area contributed by atoms with Crippen molar-refractivity contribution in [3.8, 4) is 5.69 Å². The van der Waals surface area contributed by atoms with Gasteiger partial charge in [-0.25, -0.2) is 0 Å². The molecule has 0 spiro atoms. The Labute approximate surface area is 187 Å². The molecule has 2 aliphatic heterocycles. The average molecular weight is 437 g/mol. The van der Waals surface area contributed by atoms with Crippen LogP contribution in [0.5, 0.6) is 0 Å². The molecule has 1 aromatic carbocycles. The minimum atomic E-state index is 0.0130. The third kappa shape index (κ3) is 3.07. The quantitative estimate of drug-likeness (QED) is 0.501. The molecular formula is C24H25ClN4S. The average Bonchev–Trinajstić information content (AvgIpc) is 3.33. The molecule has 2 aliphatic rings. The lowest BCUT2D eigenvalue weighted by molar-refractivity contribution is 0.319. The van der Waals surface area contributed by atoms with Crippen molar-refractivity contribution in [3.05, 3.63) is 81.9 Å². The number of halogens is 1. The highest BCUT2D eigenvalue weighted by Gasteiger charge is 2.45. The number of amidine groups is 1. The normalized spacial score (nSPS) is 23.0. The van der Waals surface area contributed by atoms with Crippen LogP contribution in [0.25, 0.3) is 5.69 Å². The van der Waals surface area contributed by atoms with Crippen molar-refractivity contribution in [1.82, 2.24) is 14.5 Å². The highest BCUT2D eigenvalue weighted by Crippen LogP contribution is 2.50. The van der Waals surface area contributed by atoms with Crippen LogP contribution in [0.2, 0.25) is 5.02 Å². The summed E-state index contributed by atoms with van der Waals surface area (Å²) in [5.41, 5.74) is 7.40. The summed E-state index contributed by atoms with van der Waals surface area (Å²) in [7, 11) is 0. The zero-order valence-electron chi connectivity index (χ0n) is 17.6. The number of hydrogen-bond acceptors (Lipinski definition) is 4. The van der Waals surface area contributed by atoms with Gasteiger partial charge in [0.15, 0.2) is 5.17 Å². The standard InChI is InChI=1S/C24H25ClN4S/c1-14-13-28-23(22(27-24(28)30-14)20-7-5-6-12-26-20)21-15(2)16(3)29(17(21)4)19-10-8-18(25)9-11-19/h5-12,14,22-23H,13H2,1-4H3/t14-,22+,23-/m1/s1. The molecule has 4 heterocycles. The summed E-state index contributed by atoms with van der Waals surface area (Å²) >= 11 is 8.02. The van der Waals surface area contributed by atoms with Gasteiger partial charge in [0.1, 0.15) is 6.04 Å². The van der Waals surface area contributed by atoms with Gasteiger partial charge in [-0.05, 0) is 62.7 Å². The van der Waals surface area contributed by atoms with Gasteiger partial charge in [-0.2, -0.15) is 0 Å². The molecule has 3 aromatic rings. The molecule has 0 radical (unpaired) electrons. The molecule has 0 unspecified atom stereocenters. The predicted molar refractivity (Wildman–Crippen MR) is 126 cm³/mol. The Morgan fingerprint density at radius 3 is 2.50 bits per heavy atom. The van der Waals surface area contributed by atoms with E-state index in [0.29, 0.717) is 5.25 Å². The van der Waals surface area contributed by atoms with Crippen molar-refractivity contribution in [1.29, 1.82) is 0 Å². The number of fused-ring (bicyclic) bond motifs is 1. The second-order valence-electron chi connectivity index (χ2n) is 8.16. The van der Waals surface area contributed by atoms with Crippen LogP contribution in [0.15, 0.2) is 53.7 Å². The largest absolute Gasteiger partial charge is 0.341 e. The molecule has 0 aliphatic carbocycles. The third-order valence-electron chi connectivity index (χ3n) is 6.27. The van der Waals surface area contributed by atoms with Crippen molar-refractivity contribution >= 4 is 28.5 Å². The lowest BCUT2D eigenvalue weighted by Crippen LogP contribution is -2.29. The van der Waals surface area contributed by atoms with Crippen LogP contribution in [0.4, 0.5) is 0 Å². The maximum atomic E-state index is 6.14. The minimum absolute atomic E-state index is 0.0130. The zero-order chi connectivity index (χ0) is 21.0. The molecular weight excluding hydrogens is 412 g/mol. The molecule has 154 valence electrons. The Balaban J connectivity index is 1.66. The monoisotopic (exact) mass is 436 g/mol. The number of pyridine rings is 1. The first kappa shape index (κ1) is 19.7. The Kier molecular flexibility index (Phi) is 4.91. The summed E-state index contributed by atoms with van der Waals surface area (Å²) in [5.74, 6) is 0. The van der Waals surface area contributed by atoms with Gasteiger partial charge >= 0.3 is 0 Å². The number of benzene rings is 1. The fourth-order valence-electron chi connectivity index (χ4n) is 4.85. The van der Waals surface area contributed by atoms with Crippen molar-refractivity contribution in [2.75, 3.05) is 6.54 Å². The topological polar surface area (TPSA) is 33.4 Å². The Hall–Kier alpha value is -2.24. The van der Waals surface area contributed by atoms with Gasteiger partial charge in [0.2, 0.25) is 0 Å². The van der Waals surface area contributed by atoms with Gasteiger partial charge in [0.05, 0.1) is 11.7 Å². The minimum Gasteiger partial charge on any atom is -0.341 e. The summed E-state index contributed by atoms with van der Waals surface area (Å²) in [6, 6.07) is 14.4. The SMILES string of the molecule is Cc1c([C@@H]2[C@H](c3ccccn3)N=C3S[C@H](C)CN32)c(C)n(-c2ccc(Cl)cc2)c1C. The Morgan fingerprint density at radius 2 is 1.80 bits per heavy atom. The van der Waals surface area contributed by atoms with Gasteiger partial charge in [-0.1, -0.05) is 36.4 Å². The number of rotatable bonds is 3. The van der Waals surface area contributed by atoms with Crippen LogP contribution in [0.1, 0.15) is 47.2 Å². The fraction of sp³-hybridized carbons (Fsp3) is 0.333. The number of aliphatic imine (C=N–C) groups is 1. The second kappa shape index (κ2) is 7.47. The maximum Gasteiger partial charge on any atom is 0.160 e. The predicted octanol–water partition coefficient (Wildman–Crippen LogP) is 6.04. The molecule has 6 heteroatoms. The Bertz CT molecular complexity index is 1120. The molecule has 0 saturated carbocycles. The van der Waals surface area contributed by atoms with Crippen molar-refractivity contribution < 1.29 is 0 Å². The number of thioether (sulfide) groups is 1. The van der Waals surface area contributed by atoms with Gasteiger partial charge in [-0.15, -0.1) is 0 Å². The molecule has 0 amide bonds. The van der Waals surface area contributed by atoms with Crippen molar-refractivity contribution in [3.63, 3.8) is 0 Å². The van der Waals surface area contributed by atoms with E-state index in [-0.39, 0.29) is 12.1 Å². The molecule has 4 nitrogen and oxygen atoms in total. The van der Waals surface area contributed by atoms with Gasteiger partial charge in [-0.3, -0.25) is 9.98 Å². The van der Waals surface area contributed by atoms with Crippen molar-refractivity contribution in [2.45, 2.75) is 45.0 Å². The van der Waals surface area contributed by atoms with Gasteiger partial charge < -0.3 is 9.47 Å². The van der Waals surface area contributed by atoms with E-state index in [0.717, 1.165) is 28.1 Å². The molecule has 1 fully saturated rings. The number of aromatic nitrogens is 2. The molecule has 30 heavy (non-hydrogen) atoms. The zero-order valence-corrected chi connectivity index (χ0v) is 19.2. The summed E-state index contributed by atoms with van der Waals surface area (Å²) in [5, 5.41) is 2.46. The lowest BCUT2D eigenvalue weighted by atomic mass is 9.93. The molecule has 0 N–H and O–H groups in total. The van der Waals surface area contributed by atoms with E-state index >= 15 is 0 Å². The number of hydrogen-bond donors (Lipinski definition) is 0. The van der Waals surface area contributed by atoms with Crippen LogP contribution in [-0.2, 0) is 0 Å². The first-order chi connectivity index (χ1) is 14.5. The van der Waals surface area contributed by atoms with E-state index in [1.807, 2.05) is 36.2 Å². The first-order valence-electron chi connectivity index (χ1n) is 10.3. The van der Waals surface area contributed by atoms with Crippen LogP contribution >= 0.6 is 23.4 Å². The van der Waals surface area contributed by atoms with E-state index in [9.17, 15) is 0 Å². The molecule has 3 atom stereocenters. The Morgan fingerprint density at radius 1 is 1.03 bits per heavy atom. The summed E-state index contributed by atoms with van der Waals surface area (Å²) in [6.45, 7) is 9.96. The highest BCUT2D eigenvalue weighted by atomic mass is 35.5. The lowest BCUT2D eigenvalue weighted by Gasteiger charge is -2.28. The molecule has 1 saturated heterocycles. The van der Waals surface area contributed by atoms with Crippen LogP contribution in [0, 0.1) is 20.8 Å². The van der Waals surface area contributed by atoms with E-state index < -0.39 is 0 Å². The van der Waals surface area contributed by atoms with E-state index in [2.05, 4.69) is 66.4 Å². The van der Waals surface area contributed by atoms with Gasteiger partial charge in [0, 0.05) is 45.7 Å². The summed E-state index contributed by atoms with van der Waals surface area (Å²) in [4.78, 5) is 12.3. The summed E-state index contributed by atoms with van der Waals surface area (Å²) < 4.78 is 2.35. The first-order valence-corrected chi connectivity index (χ1v) is 11.6. The molecule has 5 rings (SSSR count). The van der Waals surface area contributed by atoms with E-state index in [1.54, 1.807) is 0 Å². The molecule has 2 aromatic heterocycles. The maximum absolute atomic E-state index is 6.14. The smallest absolute Gasteiger partial charge is 0.160 e. The van der Waals surface area contributed by atoms with Gasteiger partial charge in [0.25, 0.3) is 0 Å². The van der Waals surface area contributed by atoms with Crippen LogP contribution in [0.3, 0.4) is 0 Å². The van der Waals surface area contributed by atoms with E-state index in [4.69, 9.17) is 16.6 Å². The second-order valence-corrected chi connectivity index (χ2v) is 10.0. The van der Waals surface area contributed by atoms with E-state index in [1.165, 1.54) is 22.5 Å². The van der Waals surface area contributed by atoms with Crippen LogP contribution in [-0.4, -0.2) is 31.4 Å². The highest BCUT2D eigenvalue weighted by molar-refractivity contribution is 8.14. The van der Waals surface area contributed by atoms with Crippen LogP contribution < -0.4 is 0 Å². The number of nitrogens with zero attached hydrogens (tertiary/aromatic N) is 4. The molecule has 0 bridgehead atoms. The third-order valence-corrected chi connectivity index (χ3v) is 7.62. The fourth-order valence-corrected chi connectivity index (χ4v) is 6.07. The van der Waals surface area contributed by atoms with Crippen molar-refractivity contribution in [2.24, 2.45) is 4.99 Å².